The molecule has 3 heterocycles. The van der Waals surface area contributed by atoms with Gasteiger partial charge < -0.3 is 33.9 Å². The minimum absolute atomic E-state index is 0.00913. The van der Waals surface area contributed by atoms with Crippen LogP contribution in [0.1, 0.15) is 56.0 Å². The first-order chi connectivity index (χ1) is 21.2. The number of benzene rings is 1. The number of allylic oxidation sites excluding steroid dienone is 2. The average Bonchev–Trinajstić information content (AvgIpc) is 3.69. The largest absolute Gasteiger partial charge is 0.507 e. The summed E-state index contributed by atoms with van der Waals surface area (Å²) in [5, 5.41) is 22.1. The van der Waals surface area contributed by atoms with Crippen LogP contribution in [-0.2, 0) is 33.5 Å². The van der Waals surface area contributed by atoms with E-state index in [9.17, 15) is 19.8 Å². The molecule has 0 aromatic heterocycles. The van der Waals surface area contributed by atoms with Gasteiger partial charge in [-0.2, -0.15) is 0 Å². The second kappa shape index (κ2) is 8.70. The Morgan fingerprint density at radius 2 is 1.98 bits per heavy atom. The van der Waals surface area contributed by atoms with Crippen molar-refractivity contribution in [3.8, 4) is 11.5 Å². The summed E-state index contributed by atoms with van der Waals surface area (Å²) in [6.07, 6.45) is 2.89. The van der Waals surface area contributed by atoms with E-state index in [-0.39, 0.29) is 29.9 Å². The van der Waals surface area contributed by atoms with Crippen LogP contribution in [0.5, 0.6) is 11.5 Å². The highest BCUT2D eigenvalue weighted by Gasteiger charge is 2.96. The lowest BCUT2D eigenvalue weighted by Crippen LogP contribution is -2.90. The molecular formula is C33H35ClO11. The lowest BCUT2D eigenvalue weighted by molar-refractivity contribution is -0.481. The first-order valence-corrected chi connectivity index (χ1v) is 15.4. The van der Waals surface area contributed by atoms with Gasteiger partial charge in [0, 0.05) is 18.9 Å². The van der Waals surface area contributed by atoms with E-state index in [1.54, 1.807) is 19.1 Å². The standard InChI is InChI=1S/C33H35ClO11/c1-15(2)7-8-30-24-17(11-20(36)25(30)42-30)18-12-28(4)14-29(27(38)40-6)13-22(39-5)31(28,34)32(18,45-44-24)33(29)41-21-10-16(3)9-19(35)23(21)26(37)43-33/h7,9-12,20,22,24-25,35-36H,8,13-14H2,1-6H3/t20-,22?,24+,25-,28?,29-,30+,31?,32+,33?/m0/s1. The number of hydrogen-bond donors (Lipinski definition) is 2. The quantitative estimate of drug-likeness (QED) is 0.163. The molecule has 2 saturated heterocycles. The molecule has 10 atom stereocenters. The molecule has 3 aliphatic heterocycles. The minimum Gasteiger partial charge on any atom is -0.507 e. The fourth-order valence-electron chi connectivity index (χ4n) is 9.47. The lowest BCUT2D eigenvalue weighted by atomic mass is 9.42. The van der Waals surface area contributed by atoms with Crippen LogP contribution in [0.25, 0.3) is 0 Å². The van der Waals surface area contributed by atoms with Gasteiger partial charge >= 0.3 is 17.7 Å². The van der Waals surface area contributed by atoms with E-state index in [4.69, 9.17) is 45.1 Å². The number of alkyl halides is 1. The molecule has 3 saturated carbocycles. The second-order valence-corrected chi connectivity index (χ2v) is 14.6. The van der Waals surface area contributed by atoms with Crippen LogP contribution in [0, 0.1) is 17.8 Å². The highest BCUT2D eigenvalue weighted by Crippen LogP contribution is 2.81. The third kappa shape index (κ3) is 3.02. The van der Waals surface area contributed by atoms with E-state index in [2.05, 4.69) is 0 Å². The summed E-state index contributed by atoms with van der Waals surface area (Å²) in [5.74, 6) is -4.29. The first kappa shape index (κ1) is 29.5. The van der Waals surface area contributed by atoms with E-state index < -0.39 is 69.0 Å². The zero-order valence-electron chi connectivity index (χ0n) is 25.8. The Morgan fingerprint density at radius 1 is 1.22 bits per heavy atom. The van der Waals surface area contributed by atoms with E-state index >= 15 is 0 Å². The molecule has 8 aliphatic rings. The van der Waals surface area contributed by atoms with Gasteiger partial charge in [0.25, 0.3) is 0 Å². The van der Waals surface area contributed by atoms with Gasteiger partial charge in [0.15, 0.2) is 5.41 Å². The maximum atomic E-state index is 14.2. The molecule has 2 spiro atoms. The topological polar surface area (TPSA) is 143 Å². The van der Waals surface area contributed by atoms with Crippen molar-refractivity contribution in [3.63, 3.8) is 0 Å². The molecule has 1 aromatic rings. The second-order valence-electron chi connectivity index (χ2n) is 14.0. The maximum Gasteiger partial charge on any atom is 0.349 e. The molecule has 12 heteroatoms. The molecule has 240 valence electrons. The molecule has 9 rings (SSSR count). The van der Waals surface area contributed by atoms with Crippen molar-refractivity contribution >= 4 is 23.5 Å². The third-order valence-electron chi connectivity index (χ3n) is 11.3. The van der Waals surface area contributed by atoms with Gasteiger partial charge in [0.1, 0.15) is 45.8 Å². The summed E-state index contributed by atoms with van der Waals surface area (Å²) in [5.41, 5.74) is -3.23. The zero-order chi connectivity index (χ0) is 32.1. The first-order valence-electron chi connectivity index (χ1n) is 15.1. The normalized spacial score (nSPS) is 46.0. The van der Waals surface area contributed by atoms with Crippen molar-refractivity contribution in [2.45, 2.75) is 93.2 Å². The number of aryl methyl sites for hydroxylation is 1. The molecule has 11 nitrogen and oxygen atoms in total. The summed E-state index contributed by atoms with van der Waals surface area (Å²) >= 11 is 7.87. The smallest absolute Gasteiger partial charge is 0.349 e. The summed E-state index contributed by atoms with van der Waals surface area (Å²) in [4.78, 5) is 39.6. The van der Waals surface area contributed by atoms with E-state index in [0.717, 1.165) is 5.57 Å². The van der Waals surface area contributed by atoms with Crippen LogP contribution in [0.3, 0.4) is 0 Å². The van der Waals surface area contributed by atoms with Gasteiger partial charge in [0.2, 0.25) is 5.60 Å². The molecule has 0 amide bonds. The summed E-state index contributed by atoms with van der Waals surface area (Å²) in [6.45, 7) is 7.57. The van der Waals surface area contributed by atoms with Crippen molar-refractivity contribution in [1.29, 1.82) is 0 Å². The third-order valence-corrected chi connectivity index (χ3v) is 12.2. The van der Waals surface area contributed by atoms with Gasteiger partial charge in [0.05, 0.1) is 13.2 Å². The number of phenols is 1. The number of rotatable bonds is 4. The number of phenolic OH excluding ortho intramolecular Hbond substituents is 1. The van der Waals surface area contributed by atoms with Gasteiger partial charge in [-0.05, 0) is 68.5 Å². The van der Waals surface area contributed by atoms with E-state index in [0.29, 0.717) is 23.1 Å². The number of halogens is 1. The number of aliphatic hydroxyl groups excluding tert-OH is 1. The van der Waals surface area contributed by atoms with E-state index in [1.807, 2.05) is 32.9 Å². The van der Waals surface area contributed by atoms with Crippen molar-refractivity contribution in [1.82, 2.24) is 0 Å². The number of carbonyl (C=O) groups is 2. The van der Waals surface area contributed by atoms with Gasteiger partial charge in [-0.1, -0.05) is 24.6 Å². The minimum atomic E-state index is -2.29. The predicted octanol–water partition coefficient (Wildman–Crippen LogP) is 3.72. The Labute approximate surface area is 264 Å². The van der Waals surface area contributed by atoms with Crippen molar-refractivity contribution in [2.75, 3.05) is 14.2 Å². The van der Waals surface area contributed by atoms with Crippen LogP contribution < -0.4 is 4.74 Å². The lowest BCUT2D eigenvalue weighted by Gasteiger charge is -2.71. The summed E-state index contributed by atoms with van der Waals surface area (Å²) < 4.78 is 30.7. The summed E-state index contributed by atoms with van der Waals surface area (Å²) in [7, 11) is 2.74. The molecule has 5 aliphatic carbocycles. The van der Waals surface area contributed by atoms with Crippen LogP contribution in [-0.4, -0.2) is 82.7 Å². The molecule has 4 unspecified atom stereocenters. The number of fused-ring (bicyclic) bond motifs is 6. The number of aliphatic hydroxyl groups is 1. The molecular weight excluding hydrogens is 608 g/mol. The predicted molar refractivity (Wildman–Crippen MR) is 155 cm³/mol. The van der Waals surface area contributed by atoms with Gasteiger partial charge in [-0.3, -0.25) is 4.79 Å². The van der Waals surface area contributed by atoms with Gasteiger partial charge in [-0.15, -0.1) is 11.6 Å². The molecule has 1 aromatic carbocycles. The Balaban J connectivity index is 1.41. The molecule has 2 N–H and O–H groups in total. The Bertz CT molecular complexity index is 1680. The zero-order valence-corrected chi connectivity index (χ0v) is 26.5. The number of esters is 2. The van der Waals surface area contributed by atoms with E-state index in [1.165, 1.54) is 20.3 Å². The fourth-order valence-corrected chi connectivity index (χ4v) is 10.0. The monoisotopic (exact) mass is 642 g/mol. The number of epoxide rings is 1. The molecule has 4 bridgehead atoms. The Hall–Kier alpha value is -2.93. The average molecular weight is 643 g/mol. The number of methoxy groups -OCH3 is 2. The van der Waals surface area contributed by atoms with Crippen molar-refractivity contribution < 1.29 is 53.3 Å². The van der Waals surface area contributed by atoms with Crippen LogP contribution in [0.15, 0.2) is 47.1 Å². The van der Waals surface area contributed by atoms with Crippen LogP contribution in [0.2, 0.25) is 0 Å². The molecule has 0 radical (unpaired) electrons. The summed E-state index contributed by atoms with van der Waals surface area (Å²) in [6, 6.07) is 3.00. The number of hydrogen-bond acceptors (Lipinski definition) is 11. The van der Waals surface area contributed by atoms with Crippen molar-refractivity contribution in [3.05, 3.63) is 58.2 Å². The molecule has 5 fully saturated rings. The SMILES string of the molecule is COC(=O)[C@@]12CC(OC)C3(Cl)C(C)(C=C4C5=C[C@H](O)[C@@H]6O[C@]6(CC=C(C)C)[C@@H]5OO[C@]43C13OC(=O)c1c(O)cc(C)cc1O3)C2. The number of ether oxygens (including phenoxy) is 5. The fraction of sp³-hybridized carbons (Fsp3) is 0.576. The maximum absolute atomic E-state index is 14.2. The van der Waals surface area contributed by atoms with Gasteiger partial charge in [-0.25, -0.2) is 14.6 Å². The highest BCUT2D eigenvalue weighted by molar-refractivity contribution is 6.28. The number of carbonyl (C=O) groups excluding carboxylic acids is 2. The highest BCUT2D eigenvalue weighted by atomic mass is 35.5. The number of aromatic hydroxyl groups is 1. The Kier molecular flexibility index (Phi) is 5.70. The Morgan fingerprint density at radius 3 is 2.67 bits per heavy atom. The molecule has 45 heavy (non-hydrogen) atoms. The van der Waals surface area contributed by atoms with Crippen molar-refractivity contribution in [2.24, 2.45) is 10.8 Å². The van der Waals surface area contributed by atoms with Crippen LogP contribution >= 0.6 is 11.6 Å². The van der Waals surface area contributed by atoms with Crippen LogP contribution in [0.4, 0.5) is 0 Å².